The number of halogens is 3. The fourth-order valence-corrected chi connectivity index (χ4v) is 3.13. The quantitative estimate of drug-likeness (QED) is 0.786. The summed E-state index contributed by atoms with van der Waals surface area (Å²) >= 11 is 0. The number of aromatic nitrogens is 2. The molecule has 2 atom stereocenters. The van der Waals surface area contributed by atoms with Crippen LogP contribution in [0.5, 0.6) is 0 Å². The van der Waals surface area contributed by atoms with Gasteiger partial charge >= 0.3 is 13.1 Å². The summed E-state index contributed by atoms with van der Waals surface area (Å²) < 4.78 is 45.8. The fourth-order valence-electron chi connectivity index (χ4n) is 3.13. The highest BCUT2D eigenvalue weighted by atomic mass is 19.4. The molecular weight excluding hydrogens is 322 g/mol. The Kier molecular flexibility index (Phi) is 5.20. The van der Waals surface area contributed by atoms with E-state index in [1.54, 1.807) is 44.9 Å². The number of hydrogen-bond acceptors (Lipinski definition) is 3. The number of aryl methyl sites for hydroxylation is 1. The molecule has 2 heterocycles. The van der Waals surface area contributed by atoms with Crippen LogP contribution in [0.4, 0.5) is 17.7 Å². The minimum absolute atomic E-state index is 0.220. The Balaban J connectivity index is 2.16. The number of amides is 1. The lowest BCUT2D eigenvalue weighted by atomic mass is 9.69. The highest BCUT2D eigenvalue weighted by molar-refractivity contribution is 6.58. The number of likely N-dealkylation sites (tertiary alicyclic amines) is 1. The van der Waals surface area contributed by atoms with Crippen LogP contribution in [0.25, 0.3) is 0 Å². The van der Waals surface area contributed by atoms with E-state index in [4.69, 9.17) is 4.74 Å². The second kappa shape index (κ2) is 6.68. The molecule has 0 N–H and O–H groups in total. The van der Waals surface area contributed by atoms with E-state index in [9.17, 15) is 17.7 Å². The van der Waals surface area contributed by atoms with Crippen LogP contribution in [-0.2, 0) is 11.8 Å². The molecule has 24 heavy (non-hydrogen) atoms. The predicted octanol–water partition coefficient (Wildman–Crippen LogP) is 3.61. The molecule has 0 spiro atoms. The SMILES string of the molecule is Cn1cc([C@@H]2CN(C(=O)OC(C)(C)C)CC[C@H]2C[B-](F)(F)F)cn1. The number of piperidine rings is 1. The Morgan fingerprint density at radius 1 is 1.42 bits per heavy atom. The molecule has 0 unspecified atom stereocenters. The summed E-state index contributed by atoms with van der Waals surface area (Å²) in [6, 6.07) is 0. The summed E-state index contributed by atoms with van der Waals surface area (Å²) in [7, 11) is 1.72. The monoisotopic (exact) mass is 346 g/mol. The van der Waals surface area contributed by atoms with Gasteiger partial charge in [-0.2, -0.15) is 5.10 Å². The van der Waals surface area contributed by atoms with Crippen molar-refractivity contribution < 1.29 is 22.5 Å². The molecule has 0 saturated carbocycles. The Labute approximate surface area is 140 Å². The number of ether oxygens (including phenoxy) is 1. The molecule has 2 rings (SSSR count). The van der Waals surface area contributed by atoms with Gasteiger partial charge in [-0.3, -0.25) is 4.68 Å². The van der Waals surface area contributed by atoms with E-state index in [-0.39, 0.29) is 19.0 Å². The molecule has 0 bridgehead atoms. The zero-order valence-electron chi connectivity index (χ0n) is 14.5. The second-order valence-electron chi connectivity index (χ2n) is 7.47. The number of hydrogen-bond donors (Lipinski definition) is 0. The van der Waals surface area contributed by atoms with Crippen molar-refractivity contribution in [3.8, 4) is 0 Å². The van der Waals surface area contributed by atoms with Crippen LogP contribution in [0.2, 0.25) is 6.32 Å². The summed E-state index contributed by atoms with van der Waals surface area (Å²) in [5.74, 6) is -0.920. The predicted molar refractivity (Wildman–Crippen MR) is 85.7 cm³/mol. The molecule has 1 aromatic rings. The molecule has 0 radical (unpaired) electrons. The van der Waals surface area contributed by atoms with Crippen molar-refractivity contribution >= 4 is 13.1 Å². The van der Waals surface area contributed by atoms with Crippen molar-refractivity contribution in [3.05, 3.63) is 18.0 Å². The van der Waals surface area contributed by atoms with Crippen molar-refractivity contribution in [2.24, 2.45) is 13.0 Å². The molecule has 1 amide bonds. The van der Waals surface area contributed by atoms with E-state index < -0.39 is 30.9 Å². The van der Waals surface area contributed by atoms with Gasteiger partial charge in [0.15, 0.2) is 0 Å². The first-order valence-corrected chi connectivity index (χ1v) is 8.12. The van der Waals surface area contributed by atoms with Gasteiger partial charge in [0, 0.05) is 32.3 Å². The third-order valence-electron chi connectivity index (χ3n) is 4.13. The van der Waals surface area contributed by atoms with Crippen molar-refractivity contribution in [3.63, 3.8) is 0 Å². The minimum atomic E-state index is -4.87. The van der Waals surface area contributed by atoms with Crippen LogP contribution >= 0.6 is 0 Å². The van der Waals surface area contributed by atoms with E-state index in [0.29, 0.717) is 6.42 Å². The molecular formula is C15H24BF3N3O2-. The van der Waals surface area contributed by atoms with Crippen molar-refractivity contribution in [2.75, 3.05) is 13.1 Å². The molecule has 1 fully saturated rings. The van der Waals surface area contributed by atoms with Gasteiger partial charge in [-0.15, -0.1) is 0 Å². The zero-order valence-corrected chi connectivity index (χ0v) is 14.5. The zero-order chi connectivity index (χ0) is 18.1. The standard InChI is InChI=1S/C15H24BF3N3O2/c1-15(2,3)24-14(23)22-6-5-11(7-16(17,18)19)13(10-22)12-8-20-21(4)9-12/h8-9,11,13H,5-7,10H2,1-4H3/q-1/t11-,13+/m0/s1. The first kappa shape index (κ1) is 18.7. The summed E-state index contributed by atoms with van der Waals surface area (Å²) in [6.07, 6.45) is 2.34. The lowest BCUT2D eigenvalue weighted by molar-refractivity contribution is 0.0162. The molecule has 1 aromatic heterocycles. The van der Waals surface area contributed by atoms with Crippen LogP contribution in [0.1, 0.15) is 38.7 Å². The maximum absolute atomic E-state index is 12.9. The lowest BCUT2D eigenvalue weighted by Gasteiger charge is -2.40. The molecule has 1 aliphatic heterocycles. The Bertz CT molecular complexity index is 583. The normalized spacial score (nSPS) is 22.5. The topological polar surface area (TPSA) is 47.4 Å². The van der Waals surface area contributed by atoms with Crippen molar-refractivity contribution in [2.45, 2.75) is 45.0 Å². The molecule has 1 saturated heterocycles. The van der Waals surface area contributed by atoms with Gasteiger partial charge in [0.2, 0.25) is 0 Å². The van der Waals surface area contributed by atoms with Crippen LogP contribution in [0.15, 0.2) is 12.4 Å². The molecule has 9 heteroatoms. The Morgan fingerprint density at radius 2 is 2.08 bits per heavy atom. The van der Waals surface area contributed by atoms with Crippen molar-refractivity contribution in [1.29, 1.82) is 0 Å². The average Bonchev–Trinajstić information content (AvgIpc) is 2.81. The minimum Gasteiger partial charge on any atom is -0.449 e. The largest absolute Gasteiger partial charge is 0.478 e. The first-order chi connectivity index (χ1) is 10.9. The van der Waals surface area contributed by atoms with Crippen LogP contribution in [-0.4, -0.2) is 46.4 Å². The van der Waals surface area contributed by atoms with Gasteiger partial charge in [-0.25, -0.2) is 4.79 Å². The molecule has 0 aromatic carbocycles. The first-order valence-electron chi connectivity index (χ1n) is 8.12. The average molecular weight is 346 g/mol. The molecule has 5 nitrogen and oxygen atoms in total. The van der Waals surface area contributed by atoms with Gasteiger partial charge in [-0.1, -0.05) is 12.2 Å². The number of carbonyl (C=O) groups is 1. The summed E-state index contributed by atoms with van der Waals surface area (Å²) in [4.78, 5) is 13.8. The van der Waals surface area contributed by atoms with Gasteiger partial charge in [0.25, 0.3) is 0 Å². The van der Waals surface area contributed by atoms with E-state index in [0.717, 1.165) is 5.56 Å². The maximum atomic E-state index is 12.9. The van der Waals surface area contributed by atoms with Crippen molar-refractivity contribution in [1.82, 2.24) is 14.7 Å². The van der Waals surface area contributed by atoms with Crippen LogP contribution < -0.4 is 0 Å². The van der Waals surface area contributed by atoms with Crippen LogP contribution in [0.3, 0.4) is 0 Å². The van der Waals surface area contributed by atoms with Crippen LogP contribution in [0, 0.1) is 5.92 Å². The number of rotatable bonds is 3. The van der Waals surface area contributed by atoms with E-state index in [2.05, 4.69) is 5.10 Å². The lowest BCUT2D eigenvalue weighted by Crippen LogP contribution is -2.45. The van der Waals surface area contributed by atoms with Gasteiger partial charge < -0.3 is 22.6 Å². The van der Waals surface area contributed by atoms with E-state index in [1.165, 1.54) is 4.90 Å². The molecule has 136 valence electrons. The second-order valence-corrected chi connectivity index (χ2v) is 7.47. The molecule has 0 aliphatic carbocycles. The number of carbonyl (C=O) groups excluding carboxylic acids is 1. The molecule has 1 aliphatic rings. The highest BCUT2D eigenvalue weighted by Gasteiger charge is 2.38. The highest BCUT2D eigenvalue weighted by Crippen LogP contribution is 2.39. The van der Waals surface area contributed by atoms with E-state index >= 15 is 0 Å². The number of nitrogens with zero attached hydrogens (tertiary/aromatic N) is 3. The third-order valence-corrected chi connectivity index (χ3v) is 4.13. The summed E-state index contributed by atoms with van der Waals surface area (Å²) in [5.41, 5.74) is 0.100. The van der Waals surface area contributed by atoms with Gasteiger partial charge in [-0.05, 0) is 32.8 Å². The Morgan fingerprint density at radius 3 is 2.58 bits per heavy atom. The third kappa shape index (κ3) is 5.17. The maximum Gasteiger partial charge on any atom is 0.478 e. The van der Waals surface area contributed by atoms with Gasteiger partial charge in [0.05, 0.1) is 6.20 Å². The van der Waals surface area contributed by atoms with Gasteiger partial charge in [0.1, 0.15) is 5.60 Å². The summed E-state index contributed by atoms with van der Waals surface area (Å²) in [6.45, 7) is 0.928. The summed E-state index contributed by atoms with van der Waals surface area (Å²) in [5, 5.41) is 4.06. The smallest absolute Gasteiger partial charge is 0.449 e. The fraction of sp³-hybridized carbons (Fsp3) is 0.733. The Hall–Kier alpha value is -1.67. The van der Waals surface area contributed by atoms with E-state index in [1.807, 2.05) is 0 Å².